The number of methoxy groups -OCH3 is 1. The van der Waals surface area contributed by atoms with E-state index in [1.165, 1.54) is 18.1 Å². The number of anilines is 1. The number of aliphatic hydroxyl groups excluding tert-OH is 1. The van der Waals surface area contributed by atoms with Gasteiger partial charge in [-0.1, -0.05) is 12.1 Å². The molecular weight excluding hydrogens is 486 g/mol. The van der Waals surface area contributed by atoms with Crippen molar-refractivity contribution in [1.29, 1.82) is 0 Å². The van der Waals surface area contributed by atoms with E-state index in [1.807, 2.05) is 27.7 Å². The highest BCUT2D eigenvalue weighted by atomic mass is 16.5. The van der Waals surface area contributed by atoms with E-state index < -0.39 is 17.7 Å². The predicted octanol–water partition coefficient (Wildman–Crippen LogP) is 5.52. The topological polar surface area (TPSA) is 106 Å². The summed E-state index contributed by atoms with van der Waals surface area (Å²) < 4.78 is 16.8. The van der Waals surface area contributed by atoms with Gasteiger partial charge in [-0.3, -0.25) is 14.5 Å². The third-order valence-corrected chi connectivity index (χ3v) is 6.14. The van der Waals surface area contributed by atoms with E-state index in [0.29, 0.717) is 35.0 Å². The number of phenolic OH excluding ortho intramolecular Hbond substituents is 1. The summed E-state index contributed by atoms with van der Waals surface area (Å²) in [7, 11) is 1.51. The zero-order valence-electron chi connectivity index (χ0n) is 22.0. The number of ether oxygens (including phenoxy) is 3. The molecule has 1 amide bonds. The molecule has 1 atom stereocenters. The first-order valence-corrected chi connectivity index (χ1v) is 12.3. The Morgan fingerprint density at radius 1 is 1.00 bits per heavy atom. The Morgan fingerprint density at radius 3 is 2.34 bits per heavy atom. The van der Waals surface area contributed by atoms with Gasteiger partial charge in [-0.2, -0.15) is 0 Å². The Morgan fingerprint density at radius 2 is 1.71 bits per heavy atom. The summed E-state index contributed by atoms with van der Waals surface area (Å²) in [5.74, 6) is -0.747. The van der Waals surface area contributed by atoms with Crippen LogP contribution in [0, 0.1) is 6.92 Å². The van der Waals surface area contributed by atoms with Crippen LogP contribution in [0.2, 0.25) is 0 Å². The fraction of sp³-hybridized carbons (Fsp3) is 0.267. The predicted molar refractivity (Wildman–Crippen MR) is 144 cm³/mol. The number of hydrogen-bond acceptors (Lipinski definition) is 7. The van der Waals surface area contributed by atoms with Crippen LogP contribution in [0.5, 0.6) is 23.0 Å². The Balaban J connectivity index is 1.93. The second-order valence-corrected chi connectivity index (χ2v) is 9.20. The van der Waals surface area contributed by atoms with Crippen molar-refractivity contribution >= 4 is 23.1 Å². The number of carbonyl (C=O) groups excluding carboxylic acids is 2. The lowest BCUT2D eigenvalue weighted by Crippen LogP contribution is -2.29. The van der Waals surface area contributed by atoms with Gasteiger partial charge in [0.1, 0.15) is 17.3 Å². The Kier molecular flexibility index (Phi) is 7.62. The smallest absolute Gasteiger partial charge is 0.300 e. The molecular formula is C30H31NO7. The molecule has 38 heavy (non-hydrogen) atoms. The molecule has 4 rings (SSSR count). The maximum Gasteiger partial charge on any atom is 0.300 e. The number of aromatic hydroxyl groups is 1. The highest BCUT2D eigenvalue weighted by Crippen LogP contribution is 2.46. The Bertz CT molecular complexity index is 1390. The monoisotopic (exact) mass is 517 g/mol. The average Bonchev–Trinajstić information content (AvgIpc) is 3.15. The number of aryl methyl sites for hydroxylation is 1. The van der Waals surface area contributed by atoms with E-state index in [9.17, 15) is 19.8 Å². The SMILES string of the molecule is CCOc1cc(C2/C(=C(/O)c3ccc(OC(C)C)cc3)C(=O)C(=O)N2c2cc(C)ccc2O)ccc1OC. The third kappa shape index (κ3) is 5.02. The molecule has 2 N–H and O–H groups in total. The lowest BCUT2D eigenvalue weighted by molar-refractivity contribution is -0.132. The summed E-state index contributed by atoms with van der Waals surface area (Å²) in [4.78, 5) is 28.1. The van der Waals surface area contributed by atoms with Gasteiger partial charge in [0.25, 0.3) is 11.7 Å². The molecule has 1 aliphatic rings. The van der Waals surface area contributed by atoms with Crippen LogP contribution in [0.15, 0.2) is 66.2 Å². The number of benzene rings is 3. The van der Waals surface area contributed by atoms with Gasteiger partial charge in [0.15, 0.2) is 11.5 Å². The molecule has 0 radical (unpaired) electrons. The first-order chi connectivity index (χ1) is 18.2. The largest absolute Gasteiger partial charge is 0.507 e. The molecule has 1 saturated heterocycles. The van der Waals surface area contributed by atoms with E-state index in [0.717, 1.165) is 5.56 Å². The average molecular weight is 518 g/mol. The molecule has 8 nitrogen and oxygen atoms in total. The number of ketones is 1. The minimum absolute atomic E-state index is 0.0311. The Hall–Kier alpha value is -4.46. The number of rotatable bonds is 8. The molecule has 0 aromatic heterocycles. The molecule has 1 heterocycles. The van der Waals surface area contributed by atoms with Crippen molar-refractivity contribution in [3.8, 4) is 23.0 Å². The van der Waals surface area contributed by atoms with Crippen LogP contribution in [0.3, 0.4) is 0 Å². The van der Waals surface area contributed by atoms with Crippen molar-refractivity contribution in [2.75, 3.05) is 18.6 Å². The number of phenols is 1. The lowest BCUT2D eigenvalue weighted by Gasteiger charge is -2.27. The minimum Gasteiger partial charge on any atom is -0.507 e. The zero-order chi connectivity index (χ0) is 27.6. The van der Waals surface area contributed by atoms with Crippen LogP contribution in [0.1, 0.15) is 43.5 Å². The maximum absolute atomic E-state index is 13.5. The standard InChI is InChI=1S/C30H31NO7/c1-6-37-25-16-20(10-14-24(25)36-5)27-26(28(33)19-8-11-21(12-9-19)38-17(2)3)29(34)30(35)31(27)22-15-18(4)7-13-23(22)32/h7-17,27,32-33H,6H2,1-5H3/b28-26-. The highest BCUT2D eigenvalue weighted by Gasteiger charge is 2.48. The van der Waals surface area contributed by atoms with Crippen molar-refractivity contribution in [2.45, 2.75) is 39.8 Å². The molecule has 1 unspecified atom stereocenters. The second-order valence-electron chi connectivity index (χ2n) is 9.20. The van der Waals surface area contributed by atoms with E-state index in [2.05, 4.69) is 0 Å². The first-order valence-electron chi connectivity index (χ1n) is 12.3. The molecule has 0 spiro atoms. The number of aliphatic hydroxyl groups is 1. The summed E-state index contributed by atoms with van der Waals surface area (Å²) in [6.07, 6.45) is -0.0311. The van der Waals surface area contributed by atoms with Crippen molar-refractivity contribution in [1.82, 2.24) is 0 Å². The fourth-order valence-electron chi connectivity index (χ4n) is 4.47. The summed E-state index contributed by atoms with van der Waals surface area (Å²) in [6.45, 7) is 7.82. The van der Waals surface area contributed by atoms with E-state index in [-0.39, 0.29) is 28.9 Å². The number of nitrogens with zero attached hydrogens (tertiary/aromatic N) is 1. The fourth-order valence-corrected chi connectivity index (χ4v) is 4.47. The molecule has 0 bridgehead atoms. The maximum atomic E-state index is 13.5. The molecule has 0 aliphatic carbocycles. The lowest BCUT2D eigenvalue weighted by atomic mass is 9.94. The van der Waals surface area contributed by atoms with Crippen LogP contribution in [-0.4, -0.2) is 41.7 Å². The van der Waals surface area contributed by atoms with Gasteiger partial charge in [-0.05, 0) is 87.4 Å². The molecule has 198 valence electrons. The van der Waals surface area contributed by atoms with Crippen molar-refractivity contribution in [2.24, 2.45) is 0 Å². The van der Waals surface area contributed by atoms with Gasteiger partial charge >= 0.3 is 0 Å². The van der Waals surface area contributed by atoms with Crippen LogP contribution >= 0.6 is 0 Å². The van der Waals surface area contributed by atoms with Gasteiger partial charge in [0, 0.05) is 5.56 Å². The van der Waals surface area contributed by atoms with Gasteiger partial charge in [-0.25, -0.2) is 0 Å². The van der Waals surface area contributed by atoms with E-state index in [1.54, 1.807) is 54.6 Å². The number of hydrogen-bond donors (Lipinski definition) is 2. The van der Waals surface area contributed by atoms with Crippen LogP contribution in [-0.2, 0) is 9.59 Å². The van der Waals surface area contributed by atoms with Gasteiger partial charge in [-0.15, -0.1) is 0 Å². The van der Waals surface area contributed by atoms with Gasteiger partial charge in [0.05, 0.1) is 37.1 Å². The number of carbonyl (C=O) groups is 2. The van der Waals surface area contributed by atoms with Crippen molar-refractivity contribution in [3.05, 3.63) is 82.9 Å². The van der Waals surface area contributed by atoms with E-state index >= 15 is 0 Å². The van der Waals surface area contributed by atoms with Gasteiger partial charge in [0.2, 0.25) is 0 Å². The summed E-state index contributed by atoms with van der Waals surface area (Å²) in [5.41, 5.74) is 1.67. The zero-order valence-corrected chi connectivity index (χ0v) is 22.0. The summed E-state index contributed by atoms with van der Waals surface area (Å²) in [6, 6.07) is 15.4. The van der Waals surface area contributed by atoms with Gasteiger partial charge < -0.3 is 24.4 Å². The third-order valence-electron chi connectivity index (χ3n) is 6.14. The van der Waals surface area contributed by atoms with E-state index in [4.69, 9.17) is 14.2 Å². The number of amides is 1. The molecule has 1 fully saturated rings. The highest BCUT2D eigenvalue weighted by molar-refractivity contribution is 6.52. The molecule has 3 aromatic carbocycles. The Labute approximate surface area is 221 Å². The van der Waals surface area contributed by atoms with Crippen LogP contribution < -0.4 is 19.1 Å². The van der Waals surface area contributed by atoms with Crippen molar-refractivity contribution in [3.63, 3.8) is 0 Å². The number of Topliss-reactive ketones (excluding diaryl/α,β-unsaturated/α-hetero) is 1. The molecule has 3 aromatic rings. The van der Waals surface area contributed by atoms with Crippen molar-refractivity contribution < 1.29 is 34.0 Å². The minimum atomic E-state index is -1.04. The second kappa shape index (κ2) is 10.9. The summed E-state index contributed by atoms with van der Waals surface area (Å²) in [5, 5.41) is 22.1. The molecule has 8 heteroatoms. The first kappa shape index (κ1) is 26.6. The van der Waals surface area contributed by atoms with Crippen LogP contribution in [0.25, 0.3) is 5.76 Å². The molecule has 0 saturated carbocycles. The summed E-state index contributed by atoms with van der Waals surface area (Å²) >= 11 is 0. The quantitative estimate of drug-likeness (QED) is 0.230. The van der Waals surface area contributed by atoms with Crippen LogP contribution in [0.4, 0.5) is 5.69 Å². The normalized spacial score (nSPS) is 16.7. The molecule has 1 aliphatic heterocycles.